The van der Waals surface area contributed by atoms with Crippen LogP contribution in [0.25, 0.3) is 6.08 Å². The molecule has 0 unspecified atom stereocenters. The lowest BCUT2D eigenvalue weighted by atomic mass is 10.1. The van der Waals surface area contributed by atoms with E-state index in [-0.39, 0.29) is 10.4 Å². The largest absolute Gasteiger partial charge is 0.412 e. The lowest BCUT2D eigenvalue weighted by Gasteiger charge is -2.07. The molecule has 0 fully saturated rings. The molecule has 0 saturated heterocycles. The quantitative estimate of drug-likeness (QED) is 0.794. The molecule has 1 rings (SSSR count). The average Bonchev–Trinajstić information content (AvgIpc) is 2.15. The summed E-state index contributed by atoms with van der Waals surface area (Å²) in [5, 5.41) is 0. The van der Waals surface area contributed by atoms with Crippen LogP contribution in [0.5, 0.6) is 0 Å². The maximum absolute atomic E-state index is 11.0. The minimum Gasteiger partial charge on any atom is -0.412 e. The van der Waals surface area contributed by atoms with E-state index in [1.165, 1.54) is 6.07 Å². The van der Waals surface area contributed by atoms with Gasteiger partial charge in [0, 0.05) is 0 Å². The van der Waals surface area contributed by atoms with Gasteiger partial charge in [-0.15, -0.1) is 0 Å². The Balaban J connectivity index is 0.00000196. The molecule has 0 heterocycles. The lowest BCUT2D eigenvalue weighted by molar-refractivity contribution is 0.482. The molecule has 0 radical (unpaired) electrons. The molecule has 3 N–H and O–H groups in total. The van der Waals surface area contributed by atoms with Crippen LogP contribution < -0.4 is 0 Å². The third-order valence-corrected chi connectivity index (χ3v) is 2.96. The van der Waals surface area contributed by atoms with Crippen molar-refractivity contribution in [1.29, 1.82) is 0 Å². The highest BCUT2D eigenvalue weighted by atomic mass is 32.2. The van der Waals surface area contributed by atoms with Gasteiger partial charge in [0.25, 0.3) is 10.1 Å². The zero-order chi connectivity index (χ0) is 10.8. The van der Waals surface area contributed by atoms with Crippen molar-refractivity contribution in [2.24, 2.45) is 0 Å². The first-order valence-corrected chi connectivity index (χ1v) is 5.66. The Kier molecular flexibility index (Phi) is 4.67. The molecule has 0 aromatic heterocycles. The van der Waals surface area contributed by atoms with Crippen molar-refractivity contribution in [2.75, 3.05) is 0 Å². The van der Waals surface area contributed by atoms with Gasteiger partial charge in [0.05, 0.1) is 4.90 Å². The third kappa shape index (κ3) is 2.89. The summed E-state index contributed by atoms with van der Waals surface area (Å²) in [6.07, 6.45) is 2.12. The van der Waals surface area contributed by atoms with Crippen LogP contribution in [0, 0.1) is 0 Å². The first kappa shape index (κ1) is 13.8. The maximum atomic E-state index is 11.0. The minimum atomic E-state index is -4.13. The standard InChI is InChI=1S/C10H12O3S.H2O/c1-3-8-6-5-7-10(9(8)4-2)14(11,12)13;/h3,5-7H,1,4H2,2H3,(H,11,12,13);1H2. The fourth-order valence-electron chi connectivity index (χ4n) is 1.39. The van der Waals surface area contributed by atoms with Crippen LogP contribution in [-0.2, 0) is 16.5 Å². The lowest BCUT2D eigenvalue weighted by Crippen LogP contribution is -2.03. The minimum absolute atomic E-state index is 0. The number of hydrogen-bond donors (Lipinski definition) is 1. The normalized spacial score (nSPS) is 10.5. The molecular formula is C10H14O4S. The Morgan fingerprint density at radius 1 is 1.47 bits per heavy atom. The van der Waals surface area contributed by atoms with Crippen LogP contribution in [0.4, 0.5) is 0 Å². The van der Waals surface area contributed by atoms with Crippen LogP contribution in [-0.4, -0.2) is 18.4 Å². The van der Waals surface area contributed by atoms with Gasteiger partial charge >= 0.3 is 0 Å². The van der Waals surface area contributed by atoms with Gasteiger partial charge in [-0.1, -0.05) is 31.7 Å². The highest BCUT2D eigenvalue weighted by molar-refractivity contribution is 7.85. The van der Waals surface area contributed by atoms with E-state index >= 15 is 0 Å². The Labute approximate surface area is 89.3 Å². The van der Waals surface area contributed by atoms with Crippen LogP contribution in [0.1, 0.15) is 18.1 Å². The number of hydrogen-bond acceptors (Lipinski definition) is 2. The molecule has 0 aliphatic rings. The van der Waals surface area contributed by atoms with Gasteiger partial charge in [0.1, 0.15) is 0 Å². The van der Waals surface area contributed by atoms with Crippen LogP contribution >= 0.6 is 0 Å². The van der Waals surface area contributed by atoms with Crippen molar-refractivity contribution in [3.05, 3.63) is 35.9 Å². The molecule has 0 bridgehead atoms. The van der Waals surface area contributed by atoms with Gasteiger partial charge in [0.15, 0.2) is 0 Å². The smallest absolute Gasteiger partial charge is 0.294 e. The predicted molar refractivity (Wildman–Crippen MR) is 59.3 cm³/mol. The highest BCUT2D eigenvalue weighted by Crippen LogP contribution is 2.20. The molecule has 0 atom stereocenters. The number of benzene rings is 1. The van der Waals surface area contributed by atoms with E-state index in [1.54, 1.807) is 18.2 Å². The first-order chi connectivity index (χ1) is 6.50. The predicted octanol–water partition coefficient (Wildman–Crippen LogP) is 1.31. The fourth-order valence-corrected chi connectivity index (χ4v) is 2.22. The van der Waals surface area contributed by atoms with Gasteiger partial charge in [-0.05, 0) is 23.6 Å². The van der Waals surface area contributed by atoms with Gasteiger partial charge in [-0.25, -0.2) is 0 Å². The molecule has 0 aliphatic carbocycles. The Bertz CT molecular complexity index is 448. The van der Waals surface area contributed by atoms with Gasteiger partial charge < -0.3 is 5.48 Å². The Hall–Kier alpha value is -1.17. The Morgan fingerprint density at radius 3 is 2.47 bits per heavy atom. The Morgan fingerprint density at radius 2 is 2.07 bits per heavy atom. The molecule has 4 nitrogen and oxygen atoms in total. The fraction of sp³-hybridized carbons (Fsp3) is 0.200. The summed E-state index contributed by atoms with van der Waals surface area (Å²) in [7, 11) is -4.13. The van der Waals surface area contributed by atoms with Crippen molar-refractivity contribution < 1.29 is 18.4 Å². The van der Waals surface area contributed by atoms with Gasteiger partial charge in [-0.3, -0.25) is 4.55 Å². The second-order valence-corrected chi connectivity index (χ2v) is 4.25. The number of rotatable bonds is 3. The average molecular weight is 230 g/mol. The zero-order valence-electron chi connectivity index (χ0n) is 8.40. The molecule has 84 valence electrons. The van der Waals surface area contributed by atoms with Crippen molar-refractivity contribution in [3.8, 4) is 0 Å². The third-order valence-electron chi connectivity index (χ3n) is 2.02. The molecular weight excluding hydrogens is 216 g/mol. The summed E-state index contributed by atoms with van der Waals surface area (Å²) in [5.74, 6) is 0. The summed E-state index contributed by atoms with van der Waals surface area (Å²) in [5.41, 5.74) is 1.34. The molecule has 15 heavy (non-hydrogen) atoms. The van der Waals surface area contributed by atoms with Gasteiger partial charge in [0.2, 0.25) is 0 Å². The van der Waals surface area contributed by atoms with E-state index < -0.39 is 10.1 Å². The molecule has 1 aromatic carbocycles. The van der Waals surface area contributed by atoms with Crippen molar-refractivity contribution in [2.45, 2.75) is 18.2 Å². The SMILES string of the molecule is C=Cc1cccc(S(=O)(=O)O)c1CC.O. The van der Waals surface area contributed by atoms with Crippen LogP contribution in [0.2, 0.25) is 0 Å². The summed E-state index contributed by atoms with van der Waals surface area (Å²) in [6.45, 7) is 5.42. The van der Waals surface area contributed by atoms with E-state index in [0.29, 0.717) is 12.0 Å². The molecule has 0 spiro atoms. The van der Waals surface area contributed by atoms with Crippen molar-refractivity contribution >= 4 is 16.2 Å². The second-order valence-electron chi connectivity index (χ2n) is 2.86. The van der Waals surface area contributed by atoms with Crippen molar-refractivity contribution in [1.82, 2.24) is 0 Å². The monoisotopic (exact) mass is 230 g/mol. The maximum Gasteiger partial charge on any atom is 0.294 e. The van der Waals surface area contributed by atoms with E-state index in [2.05, 4.69) is 6.58 Å². The zero-order valence-corrected chi connectivity index (χ0v) is 9.21. The first-order valence-electron chi connectivity index (χ1n) is 4.22. The van der Waals surface area contributed by atoms with Crippen LogP contribution in [0.15, 0.2) is 29.7 Å². The van der Waals surface area contributed by atoms with E-state index in [4.69, 9.17) is 4.55 Å². The molecule has 0 saturated carbocycles. The van der Waals surface area contributed by atoms with Gasteiger partial charge in [-0.2, -0.15) is 8.42 Å². The summed E-state index contributed by atoms with van der Waals surface area (Å²) >= 11 is 0. The molecule has 0 aliphatic heterocycles. The van der Waals surface area contributed by atoms with E-state index in [1.807, 2.05) is 6.92 Å². The van der Waals surface area contributed by atoms with Crippen molar-refractivity contribution in [3.63, 3.8) is 0 Å². The second kappa shape index (κ2) is 5.06. The molecule has 1 aromatic rings. The molecule has 5 heteroatoms. The topological polar surface area (TPSA) is 85.9 Å². The van der Waals surface area contributed by atoms with Crippen LogP contribution in [0.3, 0.4) is 0 Å². The summed E-state index contributed by atoms with van der Waals surface area (Å²) in [6, 6.07) is 4.74. The van der Waals surface area contributed by atoms with E-state index in [9.17, 15) is 8.42 Å². The highest BCUT2D eigenvalue weighted by Gasteiger charge is 2.15. The molecule has 0 amide bonds. The van der Waals surface area contributed by atoms with E-state index in [0.717, 1.165) is 5.56 Å². The summed E-state index contributed by atoms with van der Waals surface area (Å²) in [4.78, 5) is -0.0302. The summed E-state index contributed by atoms with van der Waals surface area (Å²) < 4.78 is 31.0.